The molecule has 3 N–H and O–H groups in total. The zero-order valence-corrected chi connectivity index (χ0v) is 21.3. The summed E-state index contributed by atoms with van der Waals surface area (Å²) in [6, 6.07) is 25.7. The van der Waals surface area contributed by atoms with Crippen LogP contribution in [0.3, 0.4) is 0 Å². The van der Waals surface area contributed by atoms with Crippen LogP contribution in [0.15, 0.2) is 72.8 Å². The second kappa shape index (κ2) is 11.7. The van der Waals surface area contributed by atoms with Crippen LogP contribution < -0.4 is 16.0 Å². The molecule has 1 aliphatic heterocycles. The van der Waals surface area contributed by atoms with Gasteiger partial charge in [0.2, 0.25) is 5.91 Å². The van der Waals surface area contributed by atoms with E-state index in [1.54, 1.807) is 0 Å². The monoisotopic (exact) mass is 481 g/mol. The molecule has 3 aromatic rings. The van der Waals surface area contributed by atoms with Crippen LogP contribution in [0.2, 0.25) is 0 Å². The van der Waals surface area contributed by atoms with Crippen molar-refractivity contribution in [2.75, 3.05) is 29.9 Å². The summed E-state index contributed by atoms with van der Waals surface area (Å²) in [5.41, 5.74) is 13.1. The number of nitrogens with one attached hydrogen (secondary N) is 1. The van der Waals surface area contributed by atoms with Crippen molar-refractivity contribution >= 4 is 17.3 Å². The van der Waals surface area contributed by atoms with Crippen LogP contribution in [0.5, 0.6) is 0 Å². The van der Waals surface area contributed by atoms with Crippen molar-refractivity contribution < 1.29 is 4.79 Å². The number of amides is 1. The van der Waals surface area contributed by atoms with Gasteiger partial charge in [0.15, 0.2) is 0 Å². The molecule has 0 aromatic heterocycles. The first-order valence-electron chi connectivity index (χ1n) is 13.7. The van der Waals surface area contributed by atoms with Crippen LogP contribution in [0.1, 0.15) is 49.7 Å². The molecule has 36 heavy (non-hydrogen) atoms. The molecule has 2 unspecified atom stereocenters. The molecule has 4 heteroatoms. The van der Waals surface area contributed by atoms with E-state index < -0.39 is 0 Å². The van der Waals surface area contributed by atoms with Gasteiger partial charge in [-0.25, -0.2) is 0 Å². The minimum atomic E-state index is 0.221. The molecule has 2 atom stereocenters. The summed E-state index contributed by atoms with van der Waals surface area (Å²) >= 11 is 0. The number of anilines is 2. The molecule has 0 bridgehead atoms. The fraction of sp³-hybridized carbons (Fsp3) is 0.406. The molecule has 0 radical (unpaired) electrons. The summed E-state index contributed by atoms with van der Waals surface area (Å²) in [5, 5.41) is 3.68. The van der Waals surface area contributed by atoms with Crippen LogP contribution >= 0.6 is 0 Å². The summed E-state index contributed by atoms with van der Waals surface area (Å²) in [4.78, 5) is 15.1. The maximum absolute atomic E-state index is 13.1. The van der Waals surface area contributed by atoms with Crippen molar-refractivity contribution in [1.29, 1.82) is 0 Å². The largest absolute Gasteiger partial charge is 0.385 e. The highest BCUT2D eigenvalue weighted by Gasteiger charge is 2.22. The topological polar surface area (TPSA) is 58.4 Å². The highest BCUT2D eigenvalue weighted by molar-refractivity contribution is 5.94. The Morgan fingerprint density at radius 1 is 0.917 bits per heavy atom. The highest BCUT2D eigenvalue weighted by atomic mass is 16.2. The molecule has 1 saturated carbocycles. The van der Waals surface area contributed by atoms with Gasteiger partial charge >= 0.3 is 0 Å². The number of fused-ring (bicyclic) bond motifs is 1. The Morgan fingerprint density at radius 3 is 2.61 bits per heavy atom. The molecule has 1 aliphatic carbocycles. The summed E-state index contributed by atoms with van der Waals surface area (Å²) in [6.07, 6.45) is 8.52. The van der Waals surface area contributed by atoms with Gasteiger partial charge in [-0.1, -0.05) is 61.0 Å². The third kappa shape index (κ3) is 5.99. The number of hydrogen-bond acceptors (Lipinski definition) is 3. The number of nitrogens with zero attached hydrogens (tertiary/aromatic N) is 1. The van der Waals surface area contributed by atoms with Gasteiger partial charge < -0.3 is 16.0 Å². The highest BCUT2D eigenvalue weighted by Crippen LogP contribution is 2.30. The van der Waals surface area contributed by atoms with E-state index >= 15 is 0 Å². The van der Waals surface area contributed by atoms with E-state index in [1.807, 2.05) is 11.0 Å². The summed E-state index contributed by atoms with van der Waals surface area (Å²) in [6.45, 7) is 2.66. The molecular weight excluding hydrogens is 442 g/mol. The molecular formula is C32H39N3O. The third-order valence-corrected chi connectivity index (χ3v) is 7.98. The Kier molecular flexibility index (Phi) is 8.02. The van der Waals surface area contributed by atoms with Crippen LogP contribution in [0.4, 0.5) is 11.4 Å². The van der Waals surface area contributed by atoms with E-state index in [-0.39, 0.29) is 5.91 Å². The quantitative estimate of drug-likeness (QED) is 0.389. The van der Waals surface area contributed by atoms with Crippen LogP contribution in [0.25, 0.3) is 11.1 Å². The molecule has 0 saturated heterocycles. The number of carbonyl (C=O) groups excluding carboxylic acids is 1. The predicted octanol–water partition coefficient (Wildman–Crippen LogP) is 6.44. The lowest BCUT2D eigenvalue weighted by atomic mass is 9.81. The van der Waals surface area contributed by atoms with Crippen molar-refractivity contribution in [2.24, 2.45) is 17.6 Å². The van der Waals surface area contributed by atoms with Crippen LogP contribution in [0, 0.1) is 11.8 Å². The molecule has 3 aromatic carbocycles. The van der Waals surface area contributed by atoms with E-state index in [1.165, 1.54) is 53.6 Å². The van der Waals surface area contributed by atoms with Gasteiger partial charge in [0.25, 0.3) is 0 Å². The first-order valence-corrected chi connectivity index (χ1v) is 13.7. The minimum Gasteiger partial charge on any atom is -0.385 e. The Bertz CT molecular complexity index is 1170. The van der Waals surface area contributed by atoms with Gasteiger partial charge in [0.05, 0.1) is 0 Å². The maximum Gasteiger partial charge on any atom is 0.227 e. The summed E-state index contributed by atoms with van der Waals surface area (Å²) < 4.78 is 0. The number of hydrogen-bond donors (Lipinski definition) is 2. The lowest BCUT2D eigenvalue weighted by Gasteiger charge is -2.29. The third-order valence-electron chi connectivity index (χ3n) is 7.98. The Morgan fingerprint density at radius 2 is 1.72 bits per heavy atom. The lowest BCUT2D eigenvalue weighted by Crippen LogP contribution is -2.35. The maximum atomic E-state index is 13.1. The Balaban J connectivity index is 1.20. The summed E-state index contributed by atoms with van der Waals surface area (Å²) in [5.74, 6) is 1.62. The molecule has 1 amide bonds. The number of carbonyl (C=O) groups is 1. The second-order valence-corrected chi connectivity index (χ2v) is 10.6. The van der Waals surface area contributed by atoms with Crippen molar-refractivity contribution in [3.63, 3.8) is 0 Å². The fourth-order valence-corrected chi connectivity index (χ4v) is 5.96. The standard InChI is InChI=1S/C32H39N3O/c33-22-25-8-3-9-26(19-25)23-34-30-14-5-12-29(21-30)28-11-4-7-24(20-28)16-17-32(36)35-18-6-13-27-10-1-2-15-31(27)35/h1-2,4-5,7,10-12,14-15,20-21,25-26,34H,3,6,8-9,13,16-19,22-23,33H2. The molecule has 1 heterocycles. The van der Waals surface area contributed by atoms with E-state index in [4.69, 9.17) is 5.73 Å². The molecule has 0 spiro atoms. The van der Waals surface area contributed by atoms with E-state index in [0.29, 0.717) is 18.3 Å². The Hall–Kier alpha value is -3.11. The molecule has 2 aliphatic rings. The predicted molar refractivity (Wildman–Crippen MR) is 150 cm³/mol. The van der Waals surface area contributed by atoms with E-state index in [2.05, 4.69) is 72.0 Å². The van der Waals surface area contributed by atoms with Gasteiger partial charge in [-0.05, 0) is 97.4 Å². The minimum absolute atomic E-state index is 0.221. The molecule has 1 fully saturated rings. The average molecular weight is 482 g/mol. The van der Waals surface area contributed by atoms with E-state index in [0.717, 1.165) is 44.6 Å². The Labute approximate surface area is 215 Å². The zero-order valence-electron chi connectivity index (χ0n) is 21.3. The second-order valence-electron chi connectivity index (χ2n) is 10.6. The van der Waals surface area contributed by atoms with Crippen molar-refractivity contribution in [3.05, 3.63) is 83.9 Å². The van der Waals surface area contributed by atoms with Crippen LogP contribution in [-0.2, 0) is 17.6 Å². The fourth-order valence-electron chi connectivity index (χ4n) is 5.96. The molecule has 4 nitrogen and oxygen atoms in total. The number of rotatable bonds is 8. The summed E-state index contributed by atoms with van der Waals surface area (Å²) in [7, 11) is 0. The normalized spacial score (nSPS) is 19.5. The number of nitrogens with two attached hydrogens (primary N) is 1. The zero-order chi connectivity index (χ0) is 24.7. The van der Waals surface area contributed by atoms with Gasteiger partial charge in [-0.2, -0.15) is 0 Å². The van der Waals surface area contributed by atoms with Crippen LogP contribution in [-0.4, -0.2) is 25.5 Å². The SMILES string of the molecule is NCC1CCCC(CNc2cccc(-c3cccc(CCC(=O)N4CCCc5ccccc54)c3)c2)C1. The first-order chi connectivity index (χ1) is 17.7. The number of para-hydroxylation sites is 1. The average Bonchev–Trinajstić information content (AvgIpc) is 2.95. The van der Waals surface area contributed by atoms with Crippen molar-refractivity contribution in [3.8, 4) is 11.1 Å². The van der Waals surface area contributed by atoms with Crippen molar-refractivity contribution in [1.82, 2.24) is 0 Å². The lowest BCUT2D eigenvalue weighted by molar-refractivity contribution is -0.118. The molecule has 5 rings (SSSR count). The van der Waals surface area contributed by atoms with Gasteiger partial charge in [-0.15, -0.1) is 0 Å². The first kappa shape index (κ1) is 24.6. The van der Waals surface area contributed by atoms with E-state index in [9.17, 15) is 4.79 Å². The van der Waals surface area contributed by atoms with Gasteiger partial charge in [0, 0.05) is 30.9 Å². The van der Waals surface area contributed by atoms with Crippen molar-refractivity contribution in [2.45, 2.75) is 51.4 Å². The molecule has 188 valence electrons. The smallest absolute Gasteiger partial charge is 0.227 e. The number of benzene rings is 3. The number of aryl methyl sites for hydroxylation is 2. The van der Waals surface area contributed by atoms with Gasteiger partial charge in [-0.3, -0.25) is 4.79 Å². The van der Waals surface area contributed by atoms with Gasteiger partial charge in [0.1, 0.15) is 0 Å².